The smallest absolute Gasteiger partial charge is 0.191 e. The van der Waals surface area contributed by atoms with Gasteiger partial charge in [-0.25, -0.2) is 4.98 Å². The summed E-state index contributed by atoms with van der Waals surface area (Å²) in [6, 6.07) is 0.617. The molecule has 0 fully saturated rings. The number of aromatic nitrogens is 1. The highest BCUT2D eigenvalue weighted by Gasteiger charge is 2.06. The molecule has 0 amide bonds. The van der Waals surface area contributed by atoms with Crippen LogP contribution in [0.1, 0.15) is 57.2 Å². The zero-order valence-electron chi connectivity index (χ0n) is 15.5. The fourth-order valence-corrected chi connectivity index (χ4v) is 2.90. The summed E-state index contributed by atoms with van der Waals surface area (Å²) in [6.45, 7) is 11.6. The third-order valence-corrected chi connectivity index (χ3v) is 4.77. The van der Waals surface area contributed by atoms with Gasteiger partial charge in [-0.1, -0.05) is 13.8 Å². The maximum atomic E-state index is 4.63. The number of hydrogen-bond donors (Lipinski definition) is 2. The van der Waals surface area contributed by atoms with Gasteiger partial charge in [0.15, 0.2) is 5.96 Å². The molecular formula is C17H33N5S. The van der Waals surface area contributed by atoms with Crippen molar-refractivity contribution in [2.75, 3.05) is 27.2 Å². The van der Waals surface area contributed by atoms with Crippen LogP contribution >= 0.6 is 11.3 Å². The second kappa shape index (κ2) is 10.6. The molecular weight excluding hydrogens is 306 g/mol. The molecule has 0 saturated carbocycles. The van der Waals surface area contributed by atoms with Gasteiger partial charge in [0, 0.05) is 25.0 Å². The number of unbranched alkanes of at least 4 members (excludes halogenated alkanes) is 1. The molecule has 1 heterocycles. The van der Waals surface area contributed by atoms with E-state index in [0.717, 1.165) is 37.0 Å². The van der Waals surface area contributed by atoms with Gasteiger partial charge in [0.1, 0.15) is 5.01 Å². The van der Waals surface area contributed by atoms with Crippen LogP contribution in [-0.4, -0.2) is 49.1 Å². The van der Waals surface area contributed by atoms with Gasteiger partial charge < -0.3 is 15.5 Å². The van der Waals surface area contributed by atoms with E-state index in [1.54, 1.807) is 11.3 Å². The van der Waals surface area contributed by atoms with Crippen LogP contribution in [0, 0.1) is 0 Å². The quantitative estimate of drug-likeness (QED) is 0.412. The average Bonchev–Trinajstić information content (AvgIpc) is 2.98. The monoisotopic (exact) mass is 339 g/mol. The van der Waals surface area contributed by atoms with E-state index in [4.69, 9.17) is 0 Å². The summed E-state index contributed by atoms with van der Waals surface area (Å²) in [7, 11) is 3.99. The van der Waals surface area contributed by atoms with Crippen molar-refractivity contribution in [3.8, 4) is 0 Å². The number of aliphatic imine (C=N–C) groups is 1. The molecule has 0 aliphatic rings. The number of nitrogens with zero attached hydrogens (tertiary/aromatic N) is 3. The predicted octanol–water partition coefficient (Wildman–Crippen LogP) is 3.05. The van der Waals surface area contributed by atoms with Crippen molar-refractivity contribution in [2.24, 2.45) is 4.99 Å². The molecule has 0 aromatic carbocycles. The number of hydrogen-bond acceptors (Lipinski definition) is 4. The first-order chi connectivity index (χ1) is 10.9. The first-order valence-electron chi connectivity index (χ1n) is 8.53. The molecule has 0 atom stereocenters. The molecule has 0 radical (unpaired) electrons. The Hall–Kier alpha value is -1.14. The van der Waals surface area contributed by atoms with E-state index in [0.29, 0.717) is 12.0 Å². The minimum absolute atomic E-state index is 0.487. The van der Waals surface area contributed by atoms with Gasteiger partial charge in [-0.3, -0.25) is 4.99 Å². The van der Waals surface area contributed by atoms with Crippen molar-refractivity contribution in [3.05, 3.63) is 16.1 Å². The second-order valence-electron chi connectivity index (χ2n) is 6.45. The molecule has 0 saturated heterocycles. The van der Waals surface area contributed by atoms with E-state index in [1.807, 2.05) is 7.05 Å². The summed E-state index contributed by atoms with van der Waals surface area (Å²) in [5.41, 5.74) is 1.17. The summed E-state index contributed by atoms with van der Waals surface area (Å²) < 4.78 is 0. The molecule has 1 aromatic heterocycles. The summed E-state index contributed by atoms with van der Waals surface area (Å²) in [5, 5.41) is 9.95. The molecule has 6 heteroatoms. The highest BCUT2D eigenvalue weighted by atomic mass is 32.1. The van der Waals surface area contributed by atoms with E-state index < -0.39 is 0 Å². The largest absolute Gasteiger partial charge is 0.356 e. The molecule has 23 heavy (non-hydrogen) atoms. The summed E-state index contributed by atoms with van der Waals surface area (Å²) >= 11 is 1.71. The fraction of sp³-hybridized carbons (Fsp3) is 0.765. The van der Waals surface area contributed by atoms with Gasteiger partial charge in [0.05, 0.1) is 12.2 Å². The molecule has 132 valence electrons. The molecule has 1 rings (SSSR count). The minimum atomic E-state index is 0.487. The summed E-state index contributed by atoms with van der Waals surface area (Å²) in [4.78, 5) is 11.3. The van der Waals surface area contributed by atoms with Crippen molar-refractivity contribution in [1.29, 1.82) is 0 Å². The maximum Gasteiger partial charge on any atom is 0.191 e. The second-order valence-corrected chi connectivity index (χ2v) is 7.40. The van der Waals surface area contributed by atoms with Crippen molar-refractivity contribution in [3.63, 3.8) is 0 Å². The van der Waals surface area contributed by atoms with Gasteiger partial charge in [-0.05, 0) is 46.2 Å². The Morgan fingerprint density at radius 2 is 2.00 bits per heavy atom. The van der Waals surface area contributed by atoms with Gasteiger partial charge in [-0.2, -0.15) is 0 Å². The zero-order chi connectivity index (χ0) is 17.2. The highest BCUT2D eigenvalue weighted by Crippen LogP contribution is 2.17. The average molecular weight is 340 g/mol. The number of guanidine groups is 1. The highest BCUT2D eigenvalue weighted by molar-refractivity contribution is 7.09. The predicted molar refractivity (Wildman–Crippen MR) is 101 cm³/mol. The molecule has 5 nitrogen and oxygen atoms in total. The molecule has 0 spiro atoms. The van der Waals surface area contributed by atoms with Crippen molar-refractivity contribution < 1.29 is 0 Å². The molecule has 0 aliphatic heterocycles. The van der Waals surface area contributed by atoms with E-state index in [9.17, 15) is 0 Å². The maximum absolute atomic E-state index is 4.63. The number of nitrogens with one attached hydrogen (secondary N) is 2. The Kier molecular flexibility index (Phi) is 9.17. The van der Waals surface area contributed by atoms with Crippen LogP contribution in [0.5, 0.6) is 0 Å². The van der Waals surface area contributed by atoms with E-state index in [2.05, 4.69) is 65.6 Å². The van der Waals surface area contributed by atoms with Crippen molar-refractivity contribution in [2.45, 2.75) is 59.0 Å². The SMILES string of the molecule is CN=C(NCCCCN(C)C(C)C)NCc1nc(C(C)C)cs1. The molecule has 0 bridgehead atoms. The topological polar surface area (TPSA) is 52.6 Å². The van der Waals surface area contributed by atoms with E-state index in [-0.39, 0.29) is 0 Å². The molecule has 2 N–H and O–H groups in total. The van der Waals surface area contributed by atoms with Crippen LogP contribution in [0.2, 0.25) is 0 Å². The van der Waals surface area contributed by atoms with Crippen molar-refractivity contribution >= 4 is 17.3 Å². The standard InChI is InChI=1S/C17H33N5S/c1-13(2)15-12-23-16(21-15)11-20-17(18-5)19-9-7-8-10-22(6)14(3)4/h12-14H,7-11H2,1-6H3,(H2,18,19,20). The zero-order valence-corrected chi connectivity index (χ0v) is 16.3. The molecule has 0 unspecified atom stereocenters. The first kappa shape index (κ1) is 19.9. The normalized spacial score (nSPS) is 12.5. The lowest BCUT2D eigenvalue weighted by atomic mass is 10.2. The van der Waals surface area contributed by atoms with Crippen LogP contribution in [-0.2, 0) is 6.54 Å². The Morgan fingerprint density at radius 1 is 1.26 bits per heavy atom. The van der Waals surface area contributed by atoms with Crippen LogP contribution < -0.4 is 10.6 Å². The third kappa shape index (κ3) is 7.79. The molecule has 1 aromatic rings. The van der Waals surface area contributed by atoms with Gasteiger partial charge in [0.2, 0.25) is 0 Å². The Labute approximate surface area is 145 Å². The van der Waals surface area contributed by atoms with Crippen molar-refractivity contribution in [1.82, 2.24) is 20.5 Å². The fourth-order valence-electron chi connectivity index (χ4n) is 2.00. The lowest BCUT2D eigenvalue weighted by Crippen LogP contribution is -2.37. The van der Waals surface area contributed by atoms with Crippen LogP contribution in [0.3, 0.4) is 0 Å². The minimum Gasteiger partial charge on any atom is -0.356 e. The van der Waals surface area contributed by atoms with Crippen LogP contribution in [0.4, 0.5) is 0 Å². The summed E-state index contributed by atoms with van der Waals surface area (Å²) in [5.74, 6) is 1.34. The van der Waals surface area contributed by atoms with E-state index >= 15 is 0 Å². The third-order valence-electron chi connectivity index (χ3n) is 3.90. The lowest BCUT2D eigenvalue weighted by Gasteiger charge is -2.20. The van der Waals surface area contributed by atoms with Gasteiger partial charge in [-0.15, -0.1) is 11.3 Å². The van der Waals surface area contributed by atoms with Gasteiger partial charge >= 0.3 is 0 Å². The lowest BCUT2D eigenvalue weighted by molar-refractivity contribution is 0.268. The first-order valence-corrected chi connectivity index (χ1v) is 9.41. The van der Waals surface area contributed by atoms with Gasteiger partial charge in [0.25, 0.3) is 0 Å². The van der Waals surface area contributed by atoms with Crippen LogP contribution in [0.25, 0.3) is 0 Å². The Bertz CT molecular complexity index is 467. The Balaban J connectivity index is 2.21. The number of thiazole rings is 1. The van der Waals surface area contributed by atoms with Crippen LogP contribution in [0.15, 0.2) is 10.4 Å². The Morgan fingerprint density at radius 3 is 2.57 bits per heavy atom. The summed E-state index contributed by atoms with van der Waals surface area (Å²) in [6.07, 6.45) is 2.34. The molecule has 0 aliphatic carbocycles. The van der Waals surface area contributed by atoms with E-state index in [1.165, 1.54) is 12.1 Å². The number of rotatable bonds is 9.